The third kappa shape index (κ3) is 4.36. The van der Waals surface area contributed by atoms with Crippen LogP contribution in [0.3, 0.4) is 0 Å². The lowest BCUT2D eigenvalue weighted by atomic mass is 10.1. The van der Waals surface area contributed by atoms with Crippen molar-refractivity contribution in [2.45, 2.75) is 39.3 Å². The fourth-order valence-corrected chi connectivity index (χ4v) is 1.92. The van der Waals surface area contributed by atoms with Gasteiger partial charge < -0.3 is 10.4 Å². The van der Waals surface area contributed by atoms with Crippen LogP contribution in [0.25, 0.3) is 0 Å². The molecule has 0 radical (unpaired) electrons. The molecule has 0 aliphatic carbocycles. The first-order valence-corrected chi connectivity index (χ1v) is 6.13. The number of aryl methyl sites for hydroxylation is 1. The van der Waals surface area contributed by atoms with Gasteiger partial charge >= 0.3 is 5.97 Å². The lowest BCUT2D eigenvalue weighted by molar-refractivity contribution is -0.139. The summed E-state index contributed by atoms with van der Waals surface area (Å²) in [5, 5.41) is 12.8. The number of rotatable bonds is 6. The maximum atomic E-state index is 11.0. The molecule has 0 saturated heterocycles. The van der Waals surface area contributed by atoms with Gasteiger partial charge in [0.2, 0.25) is 0 Å². The molecule has 1 rings (SSSR count). The molecule has 0 aliphatic heterocycles. The van der Waals surface area contributed by atoms with Gasteiger partial charge in [-0.3, -0.25) is 4.79 Å². The highest BCUT2D eigenvalue weighted by molar-refractivity contribution is 6.30. The Labute approximate surface area is 107 Å². The molecule has 0 aromatic heterocycles. The van der Waals surface area contributed by atoms with Crippen molar-refractivity contribution >= 4 is 17.6 Å². The van der Waals surface area contributed by atoms with Crippen LogP contribution in [0.15, 0.2) is 18.2 Å². The van der Waals surface area contributed by atoms with Crippen molar-refractivity contribution in [1.82, 2.24) is 5.32 Å². The standard InChI is InChI=1S/C13H18ClNO2/c1-3-4-12(13(16)17)15-8-10-5-6-11(14)7-9(10)2/h5-7,12,15H,3-4,8H2,1-2H3,(H,16,17). The summed E-state index contributed by atoms with van der Waals surface area (Å²) in [6, 6.07) is 5.15. The molecular weight excluding hydrogens is 238 g/mol. The zero-order valence-corrected chi connectivity index (χ0v) is 10.9. The van der Waals surface area contributed by atoms with E-state index in [9.17, 15) is 4.79 Å². The van der Waals surface area contributed by atoms with E-state index in [2.05, 4.69) is 5.32 Å². The number of aliphatic carboxylic acids is 1. The van der Waals surface area contributed by atoms with Gasteiger partial charge in [0.1, 0.15) is 6.04 Å². The van der Waals surface area contributed by atoms with Gasteiger partial charge in [0.05, 0.1) is 0 Å². The molecular formula is C13H18ClNO2. The van der Waals surface area contributed by atoms with E-state index < -0.39 is 12.0 Å². The summed E-state index contributed by atoms with van der Waals surface area (Å²) in [7, 11) is 0. The smallest absolute Gasteiger partial charge is 0.320 e. The fraction of sp³-hybridized carbons (Fsp3) is 0.462. The number of hydrogen-bond donors (Lipinski definition) is 2. The maximum absolute atomic E-state index is 11.0. The number of carboxylic acids is 1. The van der Waals surface area contributed by atoms with E-state index in [1.54, 1.807) is 0 Å². The van der Waals surface area contributed by atoms with Gasteiger partial charge in [-0.1, -0.05) is 31.0 Å². The number of carboxylic acid groups (broad SMARTS) is 1. The van der Waals surface area contributed by atoms with E-state index >= 15 is 0 Å². The number of hydrogen-bond acceptors (Lipinski definition) is 2. The molecule has 3 nitrogen and oxygen atoms in total. The van der Waals surface area contributed by atoms with E-state index in [1.807, 2.05) is 32.0 Å². The summed E-state index contributed by atoms with van der Waals surface area (Å²) in [4.78, 5) is 11.0. The fourth-order valence-electron chi connectivity index (χ4n) is 1.69. The van der Waals surface area contributed by atoms with Crippen molar-refractivity contribution in [3.8, 4) is 0 Å². The summed E-state index contributed by atoms with van der Waals surface area (Å²) in [5.41, 5.74) is 2.15. The molecule has 0 aliphatic rings. The highest BCUT2D eigenvalue weighted by Gasteiger charge is 2.15. The van der Waals surface area contributed by atoms with Crippen LogP contribution in [0.4, 0.5) is 0 Å². The van der Waals surface area contributed by atoms with Gasteiger partial charge in [-0.2, -0.15) is 0 Å². The Kier molecular flexibility index (Phi) is 5.45. The zero-order valence-electron chi connectivity index (χ0n) is 10.2. The quantitative estimate of drug-likeness (QED) is 0.822. The van der Waals surface area contributed by atoms with E-state index in [4.69, 9.17) is 16.7 Å². The molecule has 94 valence electrons. The number of nitrogens with one attached hydrogen (secondary N) is 1. The minimum Gasteiger partial charge on any atom is -0.480 e. The predicted octanol–water partition coefficient (Wildman–Crippen LogP) is 2.99. The summed E-state index contributed by atoms with van der Waals surface area (Å²) < 4.78 is 0. The molecule has 1 aromatic rings. The topological polar surface area (TPSA) is 49.3 Å². The normalized spacial score (nSPS) is 12.4. The molecule has 4 heteroatoms. The summed E-state index contributed by atoms with van der Waals surface area (Å²) in [6.45, 7) is 4.50. The van der Waals surface area contributed by atoms with Crippen molar-refractivity contribution in [3.05, 3.63) is 34.3 Å². The lowest BCUT2D eigenvalue weighted by Crippen LogP contribution is -2.36. The van der Waals surface area contributed by atoms with E-state index in [1.165, 1.54) is 0 Å². The van der Waals surface area contributed by atoms with Crippen molar-refractivity contribution in [1.29, 1.82) is 0 Å². The van der Waals surface area contributed by atoms with Crippen molar-refractivity contribution in [2.24, 2.45) is 0 Å². The first kappa shape index (κ1) is 14.0. The monoisotopic (exact) mass is 255 g/mol. The molecule has 0 spiro atoms. The van der Waals surface area contributed by atoms with Crippen LogP contribution in [-0.4, -0.2) is 17.1 Å². The Balaban J connectivity index is 2.62. The lowest BCUT2D eigenvalue weighted by Gasteiger charge is -2.14. The van der Waals surface area contributed by atoms with Crippen LogP contribution >= 0.6 is 11.6 Å². The molecule has 1 atom stereocenters. The van der Waals surface area contributed by atoms with Crippen molar-refractivity contribution in [3.63, 3.8) is 0 Å². The van der Waals surface area contributed by atoms with Crippen LogP contribution < -0.4 is 5.32 Å². The minimum absolute atomic E-state index is 0.477. The predicted molar refractivity (Wildman–Crippen MR) is 69.4 cm³/mol. The second kappa shape index (κ2) is 6.62. The molecule has 0 bridgehead atoms. The highest BCUT2D eigenvalue weighted by atomic mass is 35.5. The molecule has 0 fully saturated rings. The van der Waals surface area contributed by atoms with Gasteiger partial charge in [-0.05, 0) is 36.6 Å². The average molecular weight is 256 g/mol. The summed E-state index contributed by atoms with van der Waals surface area (Å²) in [6.07, 6.45) is 1.49. The van der Waals surface area contributed by atoms with Gasteiger partial charge in [0, 0.05) is 11.6 Å². The van der Waals surface area contributed by atoms with Crippen LogP contribution in [0.5, 0.6) is 0 Å². The van der Waals surface area contributed by atoms with E-state index in [-0.39, 0.29) is 0 Å². The molecule has 17 heavy (non-hydrogen) atoms. The first-order valence-electron chi connectivity index (χ1n) is 5.75. The highest BCUT2D eigenvalue weighted by Crippen LogP contribution is 2.15. The number of benzene rings is 1. The maximum Gasteiger partial charge on any atom is 0.320 e. The molecule has 0 saturated carbocycles. The summed E-state index contributed by atoms with van der Waals surface area (Å²) in [5.74, 6) is -0.793. The largest absolute Gasteiger partial charge is 0.480 e. The third-order valence-electron chi connectivity index (χ3n) is 2.72. The van der Waals surface area contributed by atoms with Gasteiger partial charge in [-0.15, -0.1) is 0 Å². The second-order valence-electron chi connectivity index (χ2n) is 4.13. The Morgan fingerprint density at radius 2 is 2.24 bits per heavy atom. The molecule has 1 aromatic carbocycles. The zero-order chi connectivity index (χ0) is 12.8. The van der Waals surface area contributed by atoms with Gasteiger partial charge in [0.15, 0.2) is 0 Å². The molecule has 0 amide bonds. The van der Waals surface area contributed by atoms with Crippen LogP contribution in [0.1, 0.15) is 30.9 Å². The Morgan fingerprint density at radius 3 is 2.76 bits per heavy atom. The Bertz CT molecular complexity index is 393. The number of carbonyl (C=O) groups is 1. The molecule has 0 heterocycles. The molecule has 1 unspecified atom stereocenters. The van der Waals surface area contributed by atoms with E-state index in [0.717, 1.165) is 17.5 Å². The molecule has 2 N–H and O–H groups in total. The van der Waals surface area contributed by atoms with Crippen molar-refractivity contribution < 1.29 is 9.90 Å². The summed E-state index contributed by atoms with van der Waals surface area (Å²) >= 11 is 5.87. The first-order chi connectivity index (χ1) is 8.04. The van der Waals surface area contributed by atoms with Gasteiger partial charge in [-0.25, -0.2) is 0 Å². The SMILES string of the molecule is CCCC(NCc1ccc(Cl)cc1C)C(=O)O. The van der Waals surface area contributed by atoms with Crippen LogP contribution in [-0.2, 0) is 11.3 Å². The second-order valence-corrected chi connectivity index (χ2v) is 4.57. The van der Waals surface area contributed by atoms with Crippen LogP contribution in [0, 0.1) is 6.92 Å². The Morgan fingerprint density at radius 1 is 1.53 bits per heavy atom. The minimum atomic E-state index is -0.793. The van der Waals surface area contributed by atoms with E-state index in [0.29, 0.717) is 18.0 Å². The van der Waals surface area contributed by atoms with Gasteiger partial charge in [0.25, 0.3) is 0 Å². The third-order valence-corrected chi connectivity index (χ3v) is 2.95. The average Bonchev–Trinajstić information content (AvgIpc) is 2.25. The van der Waals surface area contributed by atoms with Crippen molar-refractivity contribution in [2.75, 3.05) is 0 Å². The number of halogens is 1. The van der Waals surface area contributed by atoms with Crippen LogP contribution in [0.2, 0.25) is 5.02 Å². The Hall–Kier alpha value is -1.06.